The summed E-state index contributed by atoms with van der Waals surface area (Å²) in [7, 11) is -1.00. The fourth-order valence-electron chi connectivity index (χ4n) is 4.41. The minimum atomic E-state index is -2.35. The van der Waals surface area contributed by atoms with Crippen LogP contribution in [-0.2, 0) is 20.7 Å². The van der Waals surface area contributed by atoms with Crippen LogP contribution in [0.5, 0.6) is 0 Å². The van der Waals surface area contributed by atoms with Gasteiger partial charge in [-0.05, 0) is 42.0 Å². The molecule has 0 saturated carbocycles. The zero-order chi connectivity index (χ0) is 24.5. The minimum absolute atomic E-state index is 0. The Morgan fingerprint density at radius 1 is 0.694 bits per heavy atom. The van der Waals surface area contributed by atoms with Gasteiger partial charge in [-0.25, -0.2) is 4.79 Å². The molecule has 0 aliphatic heterocycles. The quantitative estimate of drug-likeness (QED) is 0.244. The van der Waals surface area contributed by atoms with Crippen molar-refractivity contribution >= 4 is 35.1 Å². The van der Waals surface area contributed by atoms with E-state index in [0.717, 1.165) is 21.5 Å². The molecule has 4 rings (SSSR count). The van der Waals surface area contributed by atoms with Crippen molar-refractivity contribution in [2.45, 2.75) is 12.5 Å². The molecule has 4 aromatic carbocycles. The molecule has 6 heteroatoms. The summed E-state index contributed by atoms with van der Waals surface area (Å²) in [5, 5.41) is 6.34. The number of rotatable bonds is 9. The summed E-state index contributed by atoms with van der Waals surface area (Å²) >= 11 is 0. The number of esters is 1. The monoisotopic (exact) mass is 561 g/mol. The van der Waals surface area contributed by atoms with Crippen LogP contribution < -0.4 is 38.2 Å². The van der Waals surface area contributed by atoms with Crippen LogP contribution in [0.2, 0.25) is 0 Å². The number of methoxy groups -OCH3 is 1. The van der Waals surface area contributed by atoms with E-state index in [0.29, 0.717) is 6.42 Å². The summed E-state index contributed by atoms with van der Waals surface area (Å²) in [6.45, 7) is 0. The molecule has 0 aromatic heterocycles. The number of carbonyl (C=O) groups is 2. The van der Waals surface area contributed by atoms with E-state index in [1.807, 2.05) is 84.9 Å². The topological polar surface area (TPSA) is 55.4 Å². The van der Waals surface area contributed by atoms with Crippen LogP contribution in [-0.4, -0.2) is 31.2 Å². The van der Waals surface area contributed by atoms with Gasteiger partial charge in [-0.3, -0.25) is 4.79 Å². The predicted molar refractivity (Wildman–Crippen MR) is 144 cm³/mol. The second-order valence-corrected chi connectivity index (χ2v) is 11.8. The lowest BCUT2D eigenvalue weighted by Gasteiger charge is -2.28. The average Bonchev–Trinajstić information content (AvgIpc) is 2.93. The van der Waals surface area contributed by atoms with Gasteiger partial charge in [-0.15, -0.1) is 0 Å². The third-order valence-electron chi connectivity index (χ3n) is 6.08. The second-order valence-electron chi connectivity index (χ2n) is 8.31. The normalized spacial score (nSPS) is 11.6. The standard InChI is InChI=1S/C30H28NO3P.BrH/c1-34-30(33)28(22-24-14-6-2-7-15-24)31-29(32)23-35(25-16-8-3-9-17-25,26-18-10-4-11-19-26)27-20-12-5-13-21-27;/h2-21,28H,22-23H2,1H3;1H/t28-;/m0./s1. The molecule has 0 heterocycles. The molecule has 0 unspecified atom stereocenters. The van der Waals surface area contributed by atoms with Crippen LogP contribution in [0.15, 0.2) is 121 Å². The Morgan fingerprint density at radius 2 is 1.08 bits per heavy atom. The van der Waals surface area contributed by atoms with Gasteiger partial charge in [-0.1, -0.05) is 84.9 Å². The van der Waals surface area contributed by atoms with E-state index >= 15 is 0 Å². The van der Waals surface area contributed by atoms with Crippen molar-refractivity contribution < 1.29 is 31.3 Å². The smallest absolute Gasteiger partial charge is 0.328 e. The van der Waals surface area contributed by atoms with Gasteiger partial charge in [0.1, 0.15) is 29.2 Å². The third-order valence-corrected chi connectivity index (χ3v) is 10.4. The highest BCUT2D eigenvalue weighted by atomic mass is 79.9. The first-order valence-corrected chi connectivity index (χ1v) is 13.6. The molecule has 0 aliphatic rings. The first kappa shape index (κ1) is 27.3. The number of carbonyl (C=O) groups excluding carboxylic acids is 2. The average molecular weight is 562 g/mol. The van der Waals surface area contributed by atoms with Crippen molar-refractivity contribution in [1.29, 1.82) is 0 Å². The van der Waals surface area contributed by atoms with Crippen LogP contribution in [0, 0.1) is 0 Å². The first-order valence-electron chi connectivity index (χ1n) is 11.6. The zero-order valence-electron chi connectivity index (χ0n) is 20.1. The lowest BCUT2D eigenvalue weighted by Crippen LogP contribution is -3.00. The molecule has 1 atom stereocenters. The van der Waals surface area contributed by atoms with E-state index < -0.39 is 19.3 Å². The molecule has 36 heavy (non-hydrogen) atoms. The summed E-state index contributed by atoms with van der Waals surface area (Å²) < 4.78 is 5.02. The van der Waals surface area contributed by atoms with Gasteiger partial charge in [0.25, 0.3) is 5.91 Å². The largest absolute Gasteiger partial charge is 1.00 e. The molecule has 4 aromatic rings. The maximum atomic E-state index is 13.7. The zero-order valence-corrected chi connectivity index (χ0v) is 22.6. The Morgan fingerprint density at radius 3 is 1.47 bits per heavy atom. The molecule has 0 spiro atoms. The summed E-state index contributed by atoms with van der Waals surface area (Å²) in [4.78, 5) is 26.3. The number of nitrogens with one attached hydrogen (secondary N) is 1. The predicted octanol–water partition coefficient (Wildman–Crippen LogP) is 0.885. The van der Waals surface area contributed by atoms with Crippen molar-refractivity contribution in [2.75, 3.05) is 13.3 Å². The van der Waals surface area contributed by atoms with Gasteiger partial charge in [0.15, 0.2) is 6.16 Å². The van der Waals surface area contributed by atoms with Gasteiger partial charge in [0, 0.05) is 6.42 Å². The van der Waals surface area contributed by atoms with Gasteiger partial charge >= 0.3 is 5.97 Å². The maximum Gasteiger partial charge on any atom is 0.328 e. The van der Waals surface area contributed by atoms with Crippen LogP contribution in [0.25, 0.3) is 0 Å². The van der Waals surface area contributed by atoms with E-state index in [-0.39, 0.29) is 29.1 Å². The molecule has 0 aliphatic carbocycles. The van der Waals surface area contributed by atoms with E-state index in [1.54, 1.807) is 0 Å². The number of halogens is 1. The van der Waals surface area contributed by atoms with Crippen molar-refractivity contribution in [1.82, 2.24) is 5.32 Å². The number of hydrogen-bond acceptors (Lipinski definition) is 3. The number of amides is 1. The SMILES string of the molecule is COC(=O)[C@H](Cc1ccccc1)NC(=O)C[P+](c1ccccc1)(c1ccccc1)c1ccccc1.[Br-]. The van der Waals surface area contributed by atoms with Crippen LogP contribution >= 0.6 is 7.26 Å². The van der Waals surface area contributed by atoms with Gasteiger partial charge in [-0.2, -0.15) is 0 Å². The lowest BCUT2D eigenvalue weighted by molar-refractivity contribution is -0.144. The van der Waals surface area contributed by atoms with Crippen LogP contribution in [0.1, 0.15) is 5.56 Å². The highest BCUT2D eigenvalue weighted by molar-refractivity contribution is 7.96. The molecular weight excluding hydrogens is 533 g/mol. The first-order chi connectivity index (χ1) is 17.1. The minimum Gasteiger partial charge on any atom is -1.00 e. The van der Waals surface area contributed by atoms with E-state index in [2.05, 4.69) is 41.7 Å². The Labute approximate surface area is 223 Å². The molecule has 1 N–H and O–H groups in total. The molecule has 184 valence electrons. The van der Waals surface area contributed by atoms with Crippen LogP contribution in [0.3, 0.4) is 0 Å². The van der Waals surface area contributed by atoms with E-state index in [9.17, 15) is 9.59 Å². The van der Waals surface area contributed by atoms with E-state index in [4.69, 9.17) is 4.74 Å². The highest BCUT2D eigenvalue weighted by Gasteiger charge is 2.47. The van der Waals surface area contributed by atoms with Gasteiger partial charge in [0.05, 0.1) is 7.11 Å². The Hall–Kier alpha value is -3.27. The summed E-state index contributed by atoms with van der Waals surface area (Å²) in [6.07, 6.45) is 0.611. The summed E-state index contributed by atoms with van der Waals surface area (Å²) in [5.74, 6) is -0.633. The Balaban J connectivity index is 0.00000361. The number of hydrogen-bond donors (Lipinski definition) is 1. The molecule has 0 bridgehead atoms. The second kappa shape index (κ2) is 13.2. The maximum absolute atomic E-state index is 13.7. The molecule has 0 radical (unpaired) electrons. The lowest BCUT2D eigenvalue weighted by atomic mass is 10.1. The number of ether oxygens (including phenoxy) is 1. The Kier molecular flexibility index (Phi) is 9.98. The molecular formula is C30H29BrNO3P. The number of benzene rings is 4. The van der Waals surface area contributed by atoms with Crippen LogP contribution in [0.4, 0.5) is 0 Å². The van der Waals surface area contributed by atoms with Gasteiger partial charge in [0.2, 0.25) is 0 Å². The summed E-state index contributed by atoms with van der Waals surface area (Å²) in [6, 6.07) is 39.5. The highest BCUT2D eigenvalue weighted by Crippen LogP contribution is 2.55. The molecule has 0 saturated heterocycles. The molecule has 4 nitrogen and oxygen atoms in total. The molecule has 1 amide bonds. The third kappa shape index (κ3) is 6.29. The van der Waals surface area contributed by atoms with Gasteiger partial charge < -0.3 is 27.0 Å². The molecule has 0 fully saturated rings. The fourth-order valence-corrected chi connectivity index (χ4v) is 8.42. The van der Waals surface area contributed by atoms with E-state index in [1.165, 1.54) is 7.11 Å². The summed E-state index contributed by atoms with van der Waals surface area (Å²) in [5.41, 5.74) is 0.957. The van der Waals surface area contributed by atoms with Crippen molar-refractivity contribution in [3.8, 4) is 0 Å². The Bertz CT molecular complexity index is 1140. The van der Waals surface area contributed by atoms with Crippen molar-refractivity contribution in [2.24, 2.45) is 0 Å². The van der Waals surface area contributed by atoms with Crippen molar-refractivity contribution in [3.63, 3.8) is 0 Å². The van der Waals surface area contributed by atoms with Crippen molar-refractivity contribution in [3.05, 3.63) is 127 Å². The fraction of sp³-hybridized carbons (Fsp3) is 0.133.